The Kier molecular flexibility index (Phi) is 5.01. The molecule has 0 bridgehead atoms. The van der Waals surface area contributed by atoms with E-state index < -0.39 is 9.84 Å². The van der Waals surface area contributed by atoms with Crippen molar-refractivity contribution in [3.63, 3.8) is 0 Å². The van der Waals surface area contributed by atoms with Gasteiger partial charge in [0.1, 0.15) is 0 Å². The summed E-state index contributed by atoms with van der Waals surface area (Å²) >= 11 is 5.82. The molecule has 1 aliphatic heterocycles. The molecule has 7 heteroatoms. The molecule has 25 heavy (non-hydrogen) atoms. The minimum absolute atomic E-state index is 0.000455. The van der Waals surface area contributed by atoms with Crippen LogP contribution in [0.2, 0.25) is 5.02 Å². The van der Waals surface area contributed by atoms with Crippen LogP contribution in [-0.2, 0) is 9.84 Å². The minimum Gasteiger partial charge on any atom is -0.371 e. The van der Waals surface area contributed by atoms with E-state index in [2.05, 4.69) is 5.32 Å². The molecule has 1 N–H and O–H groups in total. The summed E-state index contributed by atoms with van der Waals surface area (Å²) in [6.45, 7) is 0. The van der Waals surface area contributed by atoms with Gasteiger partial charge in [-0.15, -0.1) is 0 Å². The van der Waals surface area contributed by atoms with Gasteiger partial charge >= 0.3 is 0 Å². The van der Waals surface area contributed by atoms with Crippen molar-refractivity contribution in [2.24, 2.45) is 0 Å². The monoisotopic (exact) mass is 378 g/mol. The molecule has 0 aromatic heterocycles. The number of hydrogen-bond donors (Lipinski definition) is 1. The first-order valence-electron chi connectivity index (χ1n) is 7.94. The van der Waals surface area contributed by atoms with Gasteiger partial charge in [0.15, 0.2) is 9.84 Å². The van der Waals surface area contributed by atoms with Crippen molar-refractivity contribution in [2.45, 2.75) is 12.5 Å². The number of nitrogens with one attached hydrogen (secondary N) is 1. The maximum atomic E-state index is 12.2. The van der Waals surface area contributed by atoms with Crippen LogP contribution in [0.15, 0.2) is 48.5 Å². The third-order valence-corrected chi connectivity index (χ3v) is 6.40. The summed E-state index contributed by atoms with van der Waals surface area (Å²) in [4.78, 5) is 14.2. The van der Waals surface area contributed by atoms with Gasteiger partial charge in [0.25, 0.3) is 5.91 Å². The maximum Gasteiger partial charge on any atom is 0.255 e. The van der Waals surface area contributed by atoms with Crippen LogP contribution in [0.3, 0.4) is 0 Å². The Bertz CT molecular complexity index is 864. The van der Waals surface area contributed by atoms with Crippen LogP contribution >= 0.6 is 11.6 Å². The fourth-order valence-corrected chi connectivity index (χ4v) is 4.78. The van der Waals surface area contributed by atoms with Crippen LogP contribution in [0.5, 0.6) is 0 Å². The average Bonchev–Trinajstić information content (AvgIpc) is 2.95. The lowest BCUT2D eigenvalue weighted by Gasteiger charge is -2.25. The molecule has 0 aliphatic carbocycles. The summed E-state index contributed by atoms with van der Waals surface area (Å²) < 4.78 is 23.3. The number of hydrogen-bond acceptors (Lipinski definition) is 4. The number of carbonyl (C=O) groups is 1. The number of halogens is 1. The molecule has 1 amide bonds. The first-order valence-corrected chi connectivity index (χ1v) is 10.1. The Balaban J connectivity index is 1.66. The Morgan fingerprint density at radius 2 is 1.76 bits per heavy atom. The van der Waals surface area contributed by atoms with Crippen LogP contribution in [-0.4, -0.2) is 38.9 Å². The highest BCUT2D eigenvalue weighted by molar-refractivity contribution is 7.91. The quantitative estimate of drug-likeness (QED) is 0.887. The van der Waals surface area contributed by atoms with Crippen LogP contribution < -0.4 is 10.2 Å². The van der Waals surface area contributed by atoms with Crippen molar-refractivity contribution in [3.8, 4) is 0 Å². The molecular formula is C18H19ClN2O3S. The highest BCUT2D eigenvalue weighted by Crippen LogP contribution is 2.24. The molecule has 3 rings (SSSR count). The summed E-state index contributed by atoms with van der Waals surface area (Å²) in [5.41, 5.74) is 2.13. The Morgan fingerprint density at radius 1 is 1.12 bits per heavy atom. The normalized spacial score (nSPS) is 18.7. The van der Waals surface area contributed by atoms with E-state index in [4.69, 9.17) is 11.6 Å². The number of amides is 1. The fourth-order valence-electron chi connectivity index (χ4n) is 2.88. The number of carbonyl (C=O) groups excluding carboxylic acids is 1. The van der Waals surface area contributed by atoms with E-state index in [1.165, 1.54) is 0 Å². The number of rotatable bonds is 4. The third kappa shape index (κ3) is 4.32. The molecule has 2 aromatic carbocycles. The molecule has 1 atom stereocenters. The molecule has 1 heterocycles. The standard InChI is InChI=1S/C18H19ClN2O3S/c1-21(17-10-11-25(23,24)12-17)16-8-6-15(7-9-16)20-18(22)13-2-4-14(19)5-3-13/h2-9,17H,10-12H2,1H3,(H,20,22). The SMILES string of the molecule is CN(c1ccc(NC(=O)c2ccc(Cl)cc2)cc1)C1CCS(=O)(=O)C1. The second kappa shape index (κ2) is 7.06. The van der Waals surface area contributed by atoms with E-state index in [1.807, 2.05) is 36.2 Å². The zero-order chi connectivity index (χ0) is 18.0. The van der Waals surface area contributed by atoms with Crippen LogP contribution in [0.4, 0.5) is 11.4 Å². The van der Waals surface area contributed by atoms with Gasteiger partial charge in [-0.2, -0.15) is 0 Å². The van der Waals surface area contributed by atoms with Gasteiger partial charge in [-0.25, -0.2) is 8.42 Å². The van der Waals surface area contributed by atoms with E-state index in [1.54, 1.807) is 24.3 Å². The summed E-state index contributed by atoms with van der Waals surface area (Å²) in [5.74, 6) is 0.232. The smallest absolute Gasteiger partial charge is 0.255 e. The van der Waals surface area contributed by atoms with Gasteiger partial charge in [0, 0.05) is 35.1 Å². The van der Waals surface area contributed by atoms with Crippen LogP contribution in [0.25, 0.3) is 0 Å². The lowest BCUT2D eigenvalue weighted by molar-refractivity contribution is 0.102. The first-order chi connectivity index (χ1) is 11.8. The zero-order valence-corrected chi connectivity index (χ0v) is 15.3. The largest absolute Gasteiger partial charge is 0.371 e. The van der Waals surface area contributed by atoms with Gasteiger partial charge in [-0.3, -0.25) is 4.79 Å². The van der Waals surface area contributed by atoms with Crippen molar-refractivity contribution < 1.29 is 13.2 Å². The van der Waals surface area contributed by atoms with Crippen molar-refractivity contribution in [1.29, 1.82) is 0 Å². The zero-order valence-electron chi connectivity index (χ0n) is 13.8. The minimum atomic E-state index is -2.91. The number of anilines is 2. The Morgan fingerprint density at radius 3 is 2.32 bits per heavy atom. The highest BCUT2D eigenvalue weighted by atomic mass is 35.5. The predicted molar refractivity (Wildman–Crippen MR) is 101 cm³/mol. The molecule has 2 aromatic rings. The van der Waals surface area contributed by atoms with Crippen LogP contribution in [0.1, 0.15) is 16.8 Å². The maximum absolute atomic E-state index is 12.2. The summed E-state index contributed by atoms with van der Waals surface area (Å²) in [7, 11) is -1.02. The van der Waals surface area contributed by atoms with E-state index >= 15 is 0 Å². The summed E-state index contributed by atoms with van der Waals surface area (Å²) in [6.07, 6.45) is 0.647. The average molecular weight is 379 g/mol. The highest BCUT2D eigenvalue weighted by Gasteiger charge is 2.30. The lowest BCUT2D eigenvalue weighted by Crippen LogP contribution is -2.32. The van der Waals surface area contributed by atoms with E-state index in [0.717, 1.165) is 5.69 Å². The van der Waals surface area contributed by atoms with Crippen molar-refractivity contribution in [3.05, 3.63) is 59.1 Å². The van der Waals surface area contributed by atoms with Crippen molar-refractivity contribution >= 4 is 38.7 Å². The van der Waals surface area contributed by atoms with Gasteiger partial charge in [0.2, 0.25) is 0 Å². The molecule has 0 spiro atoms. The lowest BCUT2D eigenvalue weighted by atomic mass is 10.2. The molecule has 1 aliphatic rings. The van der Waals surface area contributed by atoms with E-state index in [9.17, 15) is 13.2 Å². The molecule has 0 saturated carbocycles. The second-order valence-corrected chi connectivity index (χ2v) is 8.84. The van der Waals surface area contributed by atoms with Gasteiger partial charge in [-0.05, 0) is 55.0 Å². The van der Waals surface area contributed by atoms with E-state index in [-0.39, 0.29) is 23.5 Å². The molecule has 0 radical (unpaired) electrons. The van der Waals surface area contributed by atoms with Gasteiger partial charge < -0.3 is 10.2 Å². The Labute approximate surface area is 152 Å². The molecule has 1 saturated heterocycles. The van der Waals surface area contributed by atoms with Gasteiger partial charge in [-0.1, -0.05) is 11.6 Å². The van der Waals surface area contributed by atoms with E-state index in [0.29, 0.717) is 22.7 Å². The summed E-state index contributed by atoms with van der Waals surface area (Å²) in [6, 6.07) is 14.0. The fraction of sp³-hybridized carbons (Fsp3) is 0.278. The topological polar surface area (TPSA) is 66.5 Å². The van der Waals surface area contributed by atoms with Crippen molar-refractivity contribution in [1.82, 2.24) is 0 Å². The molecule has 1 fully saturated rings. The second-order valence-electron chi connectivity index (χ2n) is 6.18. The summed E-state index contributed by atoms with van der Waals surface area (Å²) in [5, 5.41) is 3.41. The number of sulfone groups is 1. The molecule has 1 unspecified atom stereocenters. The van der Waals surface area contributed by atoms with Gasteiger partial charge in [0.05, 0.1) is 11.5 Å². The molecule has 132 valence electrons. The third-order valence-electron chi connectivity index (χ3n) is 4.39. The molecular weight excluding hydrogens is 360 g/mol. The predicted octanol–water partition coefficient (Wildman–Crippen LogP) is 3.22. The van der Waals surface area contributed by atoms with Crippen LogP contribution in [0, 0.1) is 0 Å². The first kappa shape index (κ1) is 17.8. The Hall–Kier alpha value is -2.05. The number of nitrogens with zero attached hydrogens (tertiary/aromatic N) is 1. The number of benzene rings is 2. The molecule has 5 nitrogen and oxygen atoms in total. The van der Waals surface area contributed by atoms with Crippen molar-refractivity contribution in [2.75, 3.05) is 28.8 Å².